The molecule has 0 atom stereocenters. The van der Waals surface area contributed by atoms with E-state index in [-0.39, 0.29) is 29.5 Å². The van der Waals surface area contributed by atoms with Crippen molar-refractivity contribution in [2.75, 3.05) is 0 Å². The van der Waals surface area contributed by atoms with Crippen LogP contribution in [0.1, 0.15) is 11.1 Å². The second-order valence-corrected chi connectivity index (χ2v) is 2.94. The van der Waals surface area contributed by atoms with Crippen molar-refractivity contribution < 1.29 is 13.2 Å². The van der Waals surface area contributed by atoms with Gasteiger partial charge in [-0.25, -0.2) is 0 Å². The summed E-state index contributed by atoms with van der Waals surface area (Å²) in [5.74, 6) is 0. The summed E-state index contributed by atoms with van der Waals surface area (Å²) in [6.07, 6.45) is -4.39. The minimum Gasteiger partial charge on any atom is -0.326 e. The van der Waals surface area contributed by atoms with Crippen LogP contribution in [0.25, 0.3) is 0 Å². The highest BCUT2D eigenvalue weighted by Crippen LogP contribution is 2.33. The molecule has 0 radical (unpaired) electrons. The van der Waals surface area contributed by atoms with Gasteiger partial charge in [-0.05, 0) is 17.7 Å². The summed E-state index contributed by atoms with van der Waals surface area (Å²) in [4.78, 5) is 0. The maximum atomic E-state index is 12.3. The van der Waals surface area contributed by atoms with Crippen molar-refractivity contribution in [3.63, 3.8) is 0 Å². The van der Waals surface area contributed by atoms with Crippen LogP contribution in [0.3, 0.4) is 0 Å². The summed E-state index contributed by atoms with van der Waals surface area (Å²) >= 11 is 5.44. The average Bonchev–Trinajstić information content (AvgIpc) is 2.03. The fourth-order valence-corrected chi connectivity index (χ4v) is 1.16. The molecule has 1 aromatic rings. The van der Waals surface area contributed by atoms with E-state index in [0.29, 0.717) is 0 Å². The topological polar surface area (TPSA) is 26.0 Å². The smallest absolute Gasteiger partial charge is 0.326 e. The van der Waals surface area contributed by atoms with Gasteiger partial charge >= 0.3 is 6.18 Å². The first kappa shape index (κ1) is 13.5. The van der Waals surface area contributed by atoms with Crippen molar-refractivity contribution in [2.45, 2.75) is 12.7 Å². The van der Waals surface area contributed by atoms with E-state index in [1.807, 2.05) is 0 Å². The Morgan fingerprint density at radius 1 is 1.29 bits per heavy atom. The molecule has 0 aliphatic rings. The van der Waals surface area contributed by atoms with E-state index in [1.54, 1.807) is 0 Å². The van der Waals surface area contributed by atoms with Gasteiger partial charge in [-0.1, -0.05) is 17.7 Å². The molecule has 0 saturated heterocycles. The van der Waals surface area contributed by atoms with Gasteiger partial charge in [-0.15, -0.1) is 12.4 Å². The lowest BCUT2D eigenvalue weighted by Gasteiger charge is -2.11. The number of nitrogens with two attached hydrogens (primary N) is 1. The molecule has 0 aliphatic carbocycles. The second kappa shape index (κ2) is 4.87. The Hall–Kier alpha value is -0.450. The molecule has 6 heteroatoms. The van der Waals surface area contributed by atoms with Crippen LogP contribution in [0.5, 0.6) is 0 Å². The number of hydrogen-bond donors (Lipinski definition) is 1. The SMILES string of the molecule is Cl.NCc1ccc(Cl)cc1C(F)(F)F. The average molecular weight is 246 g/mol. The van der Waals surface area contributed by atoms with Crippen molar-refractivity contribution in [3.8, 4) is 0 Å². The zero-order valence-corrected chi connectivity index (χ0v) is 8.51. The van der Waals surface area contributed by atoms with Crippen LogP contribution in [0.15, 0.2) is 18.2 Å². The molecule has 0 aromatic heterocycles. The summed E-state index contributed by atoms with van der Waals surface area (Å²) in [5, 5.41) is 0.0597. The summed E-state index contributed by atoms with van der Waals surface area (Å²) in [7, 11) is 0. The first-order valence-corrected chi connectivity index (χ1v) is 3.88. The van der Waals surface area contributed by atoms with Gasteiger partial charge in [0.2, 0.25) is 0 Å². The lowest BCUT2D eigenvalue weighted by Crippen LogP contribution is -2.11. The Bertz CT molecular complexity index is 312. The van der Waals surface area contributed by atoms with E-state index in [0.717, 1.165) is 6.07 Å². The van der Waals surface area contributed by atoms with Gasteiger partial charge in [0.15, 0.2) is 0 Å². The third kappa shape index (κ3) is 3.04. The van der Waals surface area contributed by atoms with Crippen molar-refractivity contribution >= 4 is 24.0 Å². The zero-order chi connectivity index (χ0) is 10.1. The molecule has 2 N–H and O–H groups in total. The van der Waals surface area contributed by atoms with Gasteiger partial charge in [0.1, 0.15) is 0 Å². The first-order valence-electron chi connectivity index (χ1n) is 3.51. The van der Waals surface area contributed by atoms with Gasteiger partial charge in [0, 0.05) is 11.6 Å². The van der Waals surface area contributed by atoms with E-state index >= 15 is 0 Å². The minimum atomic E-state index is -4.39. The fourth-order valence-electron chi connectivity index (χ4n) is 0.991. The second-order valence-electron chi connectivity index (χ2n) is 2.50. The maximum absolute atomic E-state index is 12.3. The Labute approximate surface area is 90.5 Å². The number of hydrogen-bond acceptors (Lipinski definition) is 1. The van der Waals surface area contributed by atoms with Gasteiger partial charge in [-0.3, -0.25) is 0 Å². The Morgan fingerprint density at radius 3 is 2.29 bits per heavy atom. The molecule has 1 nitrogen and oxygen atoms in total. The molecular weight excluding hydrogens is 238 g/mol. The van der Waals surface area contributed by atoms with Crippen molar-refractivity contribution in [3.05, 3.63) is 34.3 Å². The van der Waals surface area contributed by atoms with Crippen molar-refractivity contribution in [1.82, 2.24) is 0 Å². The van der Waals surface area contributed by atoms with Crippen molar-refractivity contribution in [1.29, 1.82) is 0 Å². The Morgan fingerprint density at radius 2 is 1.86 bits per heavy atom. The monoisotopic (exact) mass is 245 g/mol. The lowest BCUT2D eigenvalue weighted by atomic mass is 10.1. The fraction of sp³-hybridized carbons (Fsp3) is 0.250. The Balaban J connectivity index is 0.00000169. The lowest BCUT2D eigenvalue weighted by molar-refractivity contribution is -0.138. The maximum Gasteiger partial charge on any atom is 0.416 e. The van der Waals surface area contributed by atoms with E-state index in [2.05, 4.69) is 0 Å². The summed E-state index contributed by atoms with van der Waals surface area (Å²) in [6.45, 7) is -0.147. The Kier molecular flexibility index (Phi) is 4.71. The highest BCUT2D eigenvalue weighted by atomic mass is 35.5. The molecule has 0 aliphatic heterocycles. The molecule has 0 unspecified atom stereocenters. The molecule has 0 amide bonds. The standard InChI is InChI=1S/C8H7ClF3N.ClH/c9-6-2-1-5(4-13)7(3-6)8(10,11)12;/h1-3H,4,13H2;1H. The quantitative estimate of drug-likeness (QED) is 0.808. The first-order chi connectivity index (χ1) is 5.95. The van der Waals surface area contributed by atoms with Crippen LogP contribution >= 0.6 is 24.0 Å². The third-order valence-corrected chi connectivity index (χ3v) is 1.83. The molecule has 0 bridgehead atoms. The number of halogens is 5. The molecule has 0 heterocycles. The van der Waals surface area contributed by atoms with Crippen LogP contribution in [-0.2, 0) is 12.7 Å². The highest BCUT2D eigenvalue weighted by molar-refractivity contribution is 6.30. The van der Waals surface area contributed by atoms with Crippen LogP contribution in [0.2, 0.25) is 5.02 Å². The predicted molar refractivity (Wildman–Crippen MR) is 51.6 cm³/mol. The largest absolute Gasteiger partial charge is 0.416 e. The molecule has 0 fully saturated rings. The highest BCUT2D eigenvalue weighted by Gasteiger charge is 2.32. The van der Waals surface area contributed by atoms with E-state index in [4.69, 9.17) is 17.3 Å². The van der Waals surface area contributed by atoms with E-state index in [1.165, 1.54) is 12.1 Å². The molecular formula is C8H8Cl2F3N. The van der Waals surface area contributed by atoms with Gasteiger partial charge in [0.25, 0.3) is 0 Å². The van der Waals surface area contributed by atoms with Gasteiger partial charge in [0.05, 0.1) is 5.56 Å². The third-order valence-electron chi connectivity index (χ3n) is 1.60. The number of rotatable bonds is 1. The normalized spacial score (nSPS) is 10.9. The number of benzene rings is 1. The van der Waals surface area contributed by atoms with E-state index in [9.17, 15) is 13.2 Å². The molecule has 1 rings (SSSR count). The molecule has 1 aromatic carbocycles. The van der Waals surface area contributed by atoms with Crippen LogP contribution in [0, 0.1) is 0 Å². The minimum absolute atomic E-state index is 0. The van der Waals surface area contributed by atoms with Crippen molar-refractivity contribution in [2.24, 2.45) is 5.73 Å². The molecule has 0 spiro atoms. The van der Waals surface area contributed by atoms with Gasteiger partial charge < -0.3 is 5.73 Å². The molecule has 0 saturated carbocycles. The predicted octanol–water partition coefficient (Wildman–Crippen LogP) is 3.24. The van der Waals surface area contributed by atoms with Crippen LogP contribution in [0.4, 0.5) is 13.2 Å². The summed E-state index contributed by atoms with van der Waals surface area (Å²) in [5.41, 5.74) is 4.45. The molecule has 80 valence electrons. The number of alkyl halides is 3. The molecule has 14 heavy (non-hydrogen) atoms. The van der Waals surface area contributed by atoms with Crippen LogP contribution < -0.4 is 5.73 Å². The van der Waals surface area contributed by atoms with Crippen LogP contribution in [-0.4, -0.2) is 0 Å². The summed E-state index contributed by atoms with van der Waals surface area (Å²) < 4.78 is 36.9. The van der Waals surface area contributed by atoms with E-state index < -0.39 is 11.7 Å². The van der Waals surface area contributed by atoms with Gasteiger partial charge in [-0.2, -0.15) is 13.2 Å². The summed E-state index contributed by atoms with van der Waals surface area (Å²) in [6, 6.07) is 3.55. The zero-order valence-electron chi connectivity index (χ0n) is 6.94.